The van der Waals surface area contributed by atoms with Gasteiger partial charge >= 0.3 is 0 Å². The molecule has 0 saturated carbocycles. The molecule has 1 atom stereocenters. The topological polar surface area (TPSA) is 120 Å². The Bertz CT molecular complexity index is 1660. The van der Waals surface area contributed by atoms with Gasteiger partial charge in [0.1, 0.15) is 18.0 Å². The van der Waals surface area contributed by atoms with E-state index in [2.05, 4.69) is 25.9 Å². The van der Waals surface area contributed by atoms with E-state index in [4.69, 9.17) is 10.1 Å². The number of aliphatic hydroxyl groups is 1. The molecule has 1 unspecified atom stereocenters. The minimum absolute atomic E-state index is 0.278. The van der Waals surface area contributed by atoms with Crippen molar-refractivity contribution < 1.29 is 14.2 Å². The van der Waals surface area contributed by atoms with Gasteiger partial charge in [0.25, 0.3) is 0 Å². The molecule has 0 fully saturated rings. The predicted octanol–water partition coefficient (Wildman–Crippen LogP) is 5.19. The van der Waals surface area contributed by atoms with Crippen LogP contribution in [0.15, 0.2) is 85.5 Å². The van der Waals surface area contributed by atoms with E-state index in [1.807, 2.05) is 65.5 Å². The lowest BCUT2D eigenvalue weighted by Crippen LogP contribution is -2.31. The van der Waals surface area contributed by atoms with Crippen molar-refractivity contribution in [2.45, 2.75) is 19.2 Å². The molecule has 0 aliphatic rings. The third-order valence-corrected chi connectivity index (χ3v) is 6.85. The molecule has 5 rings (SSSR count). The highest BCUT2D eigenvalue weighted by Gasteiger charge is 2.11. The SMILES string of the molecule is COCCNCC(O)Cn1ccc(-c2ccc3ncnc(Nc4ccc(NCc5cccc(F)c5)c(C=N)c4)c3c2)c1. The van der Waals surface area contributed by atoms with Crippen LogP contribution in [0.5, 0.6) is 0 Å². The van der Waals surface area contributed by atoms with Gasteiger partial charge in [-0.2, -0.15) is 0 Å². The largest absolute Gasteiger partial charge is 0.390 e. The van der Waals surface area contributed by atoms with Gasteiger partial charge in [0.05, 0.1) is 18.2 Å². The van der Waals surface area contributed by atoms with Gasteiger partial charge in [0, 0.05) is 74.2 Å². The molecule has 0 amide bonds. The van der Waals surface area contributed by atoms with Crippen LogP contribution in [0.4, 0.5) is 21.6 Å². The smallest absolute Gasteiger partial charge is 0.141 e. The van der Waals surface area contributed by atoms with Gasteiger partial charge in [-0.3, -0.25) is 0 Å². The standard InChI is InChI=1S/C32H34FN7O2/c1-42-12-10-35-18-28(41)20-40-11-9-24(19-40)23-5-7-31-29(15-23)32(38-21-37-31)39-27-6-8-30(25(14-27)16-34)36-17-22-3-2-4-26(33)13-22/h2-9,11,13-16,19,21,28,34-36,41H,10,12,17-18,20H2,1H3,(H,37,38,39). The first-order chi connectivity index (χ1) is 20.5. The Hall–Kier alpha value is -4.64. The number of nitrogens with zero attached hydrogens (tertiary/aromatic N) is 3. The van der Waals surface area contributed by atoms with Crippen LogP contribution in [0.1, 0.15) is 11.1 Å². The van der Waals surface area contributed by atoms with Gasteiger partial charge in [-0.15, -0.1) is 0 Å². The summed E-state index contributed by atoms with van der Waals surface area (Å²) in [6, 6.07) is 20.2. The van der Waals surface area contributed by atoms with Crippen molar-refractivity contribution in [1.29, 1.82) is 5.41 Å². The summed E-state index contributed by atoms with van der Waals surface area (Å²) in [6.45, 7) is 2.71. The Morgan fingerprint density at radius 2 is 1.98 bits per heavy atom. The van der Waals surface area contributed by atoms with Crippen molar-refractivity contribution in [1.82, 2.24) is 19.9 Å². The second kappa shape index (κ2) is 13.8. The summed E-state index contributed by atoms with van der Waals surface area (Å²) >= 11 is 0. The molecular formula is C32H34FN7O2. The molecule has 3 aromatic carbocycles. The van der Waals surface area contributed by atoms with Crippen LogP contribution in [0.3, 0.4) is 0 Å². The molecule has 0 aliphatic heterocycles. The number of hydrogen-bond donors (Lipinski definition) is 5. The zero-order chi connectivity index (χ0) is 29.3. The molecule has 2 aromatic heterocycles. The van der Waals surface area contributed by atoms with Crippen LogP contribution >= 0.6 is 0 Å². The third kappa shape index (κ3) is 7.35. The molecule has 0 saturated heterocycles. The Morgan fingerprint density at radius 3 is 2.81 bits per heavy atom. The fourth-order valence-corrected chi connectivity index (χ4v) is 4.71. The molecule has 5 N–H and O–H groups in total. The summed E-state index contributed by atoms with van der Waals surface area (Å²) < 4.78 is 20.5. The summed E-state index contributed by atoms with van der Waals surface area (Å²) in [6.07, 6.45) is 6.27. The molecular weight excluding hydrogens is 533 g/mol. The van der Waals surface area contributed by atoms with Gasteiger partial charge in [0.2, 0.25) is 0 Å². The van der Waals surface area contributed by atoms with E-state index >= 15 is 0 Å². The van der Waals surface area contributed by atoms with E-state index in [0.717, 1.165) is 39.0 Å². The minimum Gasteiger partial charge on any atom is -0.390 e. The molecule has 42 heavy (non-hydrogen) atoms. The highest BCUT2D eigenvalue weighted by atomic mass is 19.1. The van der Waals surface area contributed by atoms with E-state index in [9.17, 15) is 9.50 Å². The third-order valence-electron chi connectivity index (χ3n) is 6.85. The van der Waals surface area contributed by atoms with Crippen molar-refractivity contribution in [3.63, 3.8) is 0 Å². The van der Waals surface area contributed by atoms with Crippen molar-refractivity contribution >= 4 is 34.3 Å². The molecule has 5 aromatic rings. The number of halogens is 1. The van der Waals surface area contributed by atoms with Crippen molar-refractivity contribution in [2.24, 2.45) is 0 Å². The Kier molecular flexibility index (Phi) is 9.50. The number of fused-ring (bicyclic) bond motifs is 1. The molecule has 0 bridgehead atoms. The Morgan fingerprint density at radius 1 is 1.07 bits per heavy atom. The van der Waals surface area contributed by atoms with Crippen LogP contribution in [0.2, 0.25) is 0 Å². The zero-order valence-corrected chi connectivity index (χ0v) is 23.3. The zero-order valence-electron chi connectivity index (χ0n) is 23.3. The number of aliphatic hydroxyl groups excluding tert-OH is 1. The maximum atomic E-state index is 13.5. The number of aromatic nitrogens is 3. The maximum Gasteiger partial charge on any atom is 0.141 e. The van der Waals surface area contributed by atoms with E-state index in [-0.39, 0.29) is 5.82 Å². The monoisotopic (exact) mass is 567 g/mol. The lowest BCUT2D eigenvalue weighted by molar-refractivity contribution is 0.144. The average molecular weight is 568 g/mol. The molecule has 0 radical (unpaired) electrons. The second-order valence-corrected chi connectivity index (χ2v) is 9.96. The van der Waals surface area contributed by atoms with E-state index in [1.165, 1.54) is 24.7 Å². The minimum atomic E-state index is -0.517. The van der Waals surface area contributed by atoms with Gasteiger partial charge in [-0.25, -0.2) is 14.4 Å². The van der Waals surface area contributed by atoms with Crippen molar-refractivity contribution in [3.05, 3.63) is 102 Å². The van der Waals surface area contributed by atoms with Gasteiger partial charge < -0.3 is 35.8 Å². The van der Waals surface area contributed by atoms with Gasteiger partial charge in [-0.1, -0.05) is 18.2 Å². The van der Waals surface area contributed by atoms with Gasteiger partial charge in [-0.05, 0) is 65.2 Å². The van der Waals surface area contributed by atoms with Crippen LogP contribution < -0.4 is 16.0 Å². The predicted molar refractivity (Wildman–Crippen MR) is 165 cm³/mol. The van der Waals surface area contributed by atoms with Crippen LogP contribution in [-0.4, -0.2) is 58.8 Å². The van der Waals surface area contributed by atoms with Gasteiger partial charge in [0.15, 0.2) is 0 Å². The molecule has 0 aliphatic carbocycles. The highest BCUT2D eigenvalue weighted by molar-refractivity contribution is 5.94. The first-order valence-corrected chi connectivity index (χ1v) is 13.7. The molecule has 9 nitrogen and oxygen atoms in total. The van der Waals surface area contributed by atoms with E-state index in [1.54, 1.807) is 13.2 Å². The normalized spacial score (nSPS) is 11.9. The summed E-state index contributed by atoms with van der Waals surface area (Å²) in [5.74, 6) is 0.370. The summed E-state index contributed by atoms with van der Waals surface area (Å²) in [4.78, 5) is 8.93. The maximum absolute atomic E-state index is 13.5. The lowest BCUT2D eigenvalue weighted by Gasteiger charge is -2.14. The quantitative estimate of drug-likeness (QED) is 0.0926. The fourth-order valence-electron chi connectivity index (χ4n) is 4.71. The lowest BCUT2D eigenvalue weighted by atomic mass is 10.1. The number of benzene rings is 3. The number of anilines is 3. The number of rotatable bonds is 14. The van der Waals surface area contributed by atoms with E-state index in [0.29, 0.717) is 44.2 Å². The number of hydrogen-bond acceptors (Lipinski definition) is 8. The average Bonchev–Trinajstić information content (AvgIpc) is 3.47. The Balaban J connectivity index is 1.30. The second-order valence-electron chi connectivity index (χ2n) is 9.96. The van der Waals surface area contributed by atoms with E-state index < -0.39 is 6.10 Å². The van der Waals surface area contributed by atoms with Crippen molar-refractivity contribution in [2.75, 3.05) is 37.4 Å². The molecule has 10 heteroatoms. The van der Waals surface area contributed by atoms with Crippen LogP contribution in [-0.2, 0) is 17.8 Å². The van der Waals surface area contributed by atoms with Crippen molar-refractivity contribution in [3.8, 4) is 11.1 Å². The molecule has 216 valence electrons. The number of methoxy groups -OCH3 is 1. The van der Waals surface area contributed by atoms with Crippen LogP contribution in [0.25, 0.3) is 22.0 Å². The summed E-state index contributed by atoms with van der Waals surface area (Å²) in [7, 11) is 1.65. The number of ether oxygens (including phenoxy) is 1. The molecule has 2 heterocycles. The first-order valence-electron chi connectivity index (χ1n) is 13.7. The van der Waals surface area contributed by atoms with Crippen LogP contribution in [0, 0.1) is 11.2 Å². The summed E-state index contributed by atoms with van der Waals surface area (Å²) in [5.41, 5.74) is 5.87. The summed E-state index contributed by atoms with van der Waals surface area (Å²) in [5, 5.41) is 29.0. The fraction of sp³-hybridized carbons (Fsp3) is 0.219. The first kappa shape index (κ1) is 28.9. The molecule has 0 spiro atoms. The Labute approximate surface area is 243 Å². The number of nitrogens with one attached hydrogen (secondary N) is 4. The highest BCUT2D eigenvalue weighted by Crippen LogP contribution is 2.30.